The number of hydrogen-bond acceptors (Lipinski definition) is 3. The van der Waals surface area contributed by atoms with E-state index in [4.69, 9.17) is 0 Å². The number of aromatic nitrogens is 2. The van der Waals surface area contributed by atoms with Gasteiger partial charge in [-0.2, -0.15) is 18.3 Å². The molecular weight excluding hydrogens is 321 g/mol. The molecule has 1 aromatic carbocycles. The van der Waals surface area contributed by atoms with E-state index < -0.39 is 17.6 Å². The van der Waals surface area contributed by atoms with Crippen molar-refractivity contribution in [2.75, 3.05) is 24.3 Å². The molecule has 1 N–H and O–H groups in total. The summed E-state index contributed by atoms with van der Waals surface area (Å²) in [7, 11) is 3.29. The highest BCUT2D eigenvalue weighted by atomic mass is 19.4. The fourth-order valence-electron chi connectivity index (χ4n) is 2.76. The lowest BCUT2D eigenvalue weighted by molar-refractivity contribution is -0.137. The normalized spacial score (nSPS) is 13.7. The monoisotopic (exact) mass is 338 g/mol. The van der Waals surface area contributed by atoms with Crippen molar-refractivity contribution < 1.29 is 18.0 Å². The third-order valence-corrected chi connectivity index (χ3v) is 4.00. The number of alkyl halides is 3. The summed E-state index contributed by atoms with van der Waals surface area (Å²) in [5.74, 6) is -0.442. The van der Waals surface area contributed by atoms with E-state index in [-0.39, 0.29) is 5.69 Å². The summed E-state index contributed by atoms with van der Waals surface area (Å²) in [6.45, 7) is 0.761. The molecule has 2 heterocycles. The summed E-state index contributed by atoms with van der Waals surface area (Å²) < 4.78 is 40.9. The number of amides is 1. The summed E-state index contributed by atoms with van der Waals surface area (Å²) in [6, 6.07) is 3.50. The van der Waals surface area contributed by atoms with Gasteiger partial charge in [0.15, 0.2) is 0 Å². The Kier molecular flexibility index (Phi) is 3.98. The minimum Gasteiger partial charge on any atom is -0.378 e. The van der Waals surface area contributed by atoms with Crippen molar-refractivity contribution in [3.05, 3.63) is 41.2 Å². The van der Waals surface area contributed by atoms with Gasteiger partial charge in [-0.1, -0.05) is 0 Å². The smallest absolute Gasteiger partial charge is 0.378 e. The molecule has 1 aromatic heterocycles. The molecule has 1 aliphatic rings. The predicted molar refractivity (Wildman–Crippen MR) is 84.3 cm³/mol. The van der Waals surface area contributed by atoms with E-state index in [1.807, 2.05) is 0 Å². The maximum atomic E-state index is 13.1. The highest BCUT2D eigenvalue weighted by Crippen LogP contribution is 2.34. The number of anilines is 2. The quantitative estimate of drug-likeness (QED) is 0.935. The summed E-state index contributed by atoms with van der Waals surface area (Å²) in [5.41, 5.74) is 0.907. The van der Waals surface area contributed by atoms with Crippen LogP contribution in [0.3, 0.4) is 0 Å². The molecule has 0 saturated heterocycles. The first-order valence-corrected chi connectivity index (χ1v) is 7.51. The lowest BCUT2D eigenvalue weighted by atomic mass is 10.1. The number of aryl methyl sites for hydroxylation is 1. The fraction of sp³-hybridized carbons (Fsp3) is 0.375. The van der Waals surface area contributed by atoms with Crippen LogP contribution >= 0.6 is 0 Å². The third kappa shape index (κ3) is 3.08. The van der Waals surface area contributed by atoms with Crippen molar-refractivity contribution in [2.24, 2.45) is 0 Å². The minimum atomic E-state index is -4.48. The van der Waals surface area contributed by atoms with Gasteiger partial charge < -0.3 is 10.2 Å². The second-order valence-electron chi connectivity index (χ2n) is 5.95. The van der Waals surface area contributed by atoms with Crippen LogP contribution in [0.25, 0.3) is 0 Å². The zero-order chi connectivity index (χ0) is 17.5. The number of nitrogens with one attached hydrogen (secondary N) is 1. The van der Waals surface area contributed by atoms with Crippen LogP contribution < -0.4 is 10.2 Å². The molecule has 1 aliphatic heterocycles. The Labute approximate surface area is 137 Å². The Balaban J connectivity index is 1.91. The minimum absolute atomic E-state index is 0.108. The molecule has 0 fully saturated rings. The number of carbonyl (C=O) groups excluding carboxylic acids is 1. The second-order valence-corrected chi connectivity index (χ2v) is 5.95. The fourth-order valence-corrected chi connectivity index (χ4v) is 2.76. The summed E-state index contributed by atoms with van der Waals surface area (Å²) >= 11 is 0. The highest BCUT2D eigenvalue weighted by molar-refractivity contribution is 6.05. The van der Waals surface area contributed by atoms with Gasteiger partial charge in [0, 0.05) is 32.0 Å². The van der Waals surface area contributed by atoms with Crippen molar-refractivity contribution in [3.63, 3.8) is 0 Å². The Hall–Kier alpha value is -2.51. The van der Waals surface area contributed by atoms with Crippen LogP contribution in [0.2, 0.25) is 0 Å². The average Bonchev–Trinajstić information content (AvgIpc) is 3.08. The van der Waals surface area contributed by atoms with Gasteiger partial charge in [0.05, 0.1) is 23.0 Å². The Morgan fingerprint density at radius 1 is 1.29 bits per heavy atom. The van der Waals surface area contributed by atoms with Crippen LogP contribution in [0.15, 0.2) is 24.4 Å². The summed E-state index contributed by atoms with van der Waals surface area (Å²) in [6.07, 6.45) is -1.36. The number of hydrogen-bond donors (Lipinski definition) is 1. The first kappa shape index (κ1) is 16.4. The topological polar surface area (TPSA) is 50.2 Å². The van der Waals surface area contributed by atoms with E-state index in [1.54, 1.807) is 23.7 Å². The van der Waals surface area contributed by atoms with Crippen molar-refractivity contribution in [3.8, 4) is 0 Å². The molecule has 5 nitrogen and oxygen atoms in total. The van der Waals surface area contributed by atoms with Crippen LogP contribution in [-0.2, 0) is 19.1 Å². The molecule has 128 valence electrons. The van der Waals surface area contributed by atoms with Crippen LogP contribution in [0.5, 0.6) is 0 Å². The first-order chi connectivity index (χ1) is 11.3. The van der Waals surface area contributed by atoms with E-state index in [0.717, 1.165) is 37.2 Å². The van der Waals surface area contributed by atoms with Gasteiger partial charge in [-0.3, -0.25) is 9.48 Å². The van der Waals surface area contributed by atoms with E-state index in [1.165, 1.54) is 12.3 Å². The van der Waals surface area contributed by atoms with Crippen molar-refractivity contribution >= 4 is 17.3 Å². The molecule has 1 amide bonds. The van der Waals surface area contributed by atoms with Crippen LogP contribution in [0.1, 0.15) is 28.0 Å². The van der Waals surface area contributed by atoms with Crippen molar-refractivity contribution in [1.29, 1.82) is 0 Å². The maximum Gasteiger partial charge on any atom is 0.416 e. The average molecular weight is 338 g/mol. The Morgan fingerprint density at radius 2 is 2.04 bits per heavy atom. The van der Waals surface area contributed by atoms with E-state index in [9.17, 15) is 18.0 Å². The van der Waals surface area contributed by atoms with Gasteiger partial charge in [0.2, 0.25) is 0 Å². The van der Waals surface area contributed by atoms with E-state index in [2.05, 4.69) is 10.4 Å². The zero-order valence-electron chi connectivity index (χ0n) is 13.3. The largest absolute Gasteiger partial charge is 0.416 e. The van der Waals surface area contributed by atoms with Gasteiger partial charge in [-0.05, 0) is 31.0 Å². The molecular formula is C16H17F3N4O. The number of halogens is 3. The molecule has 0 saturated carbocycles. The van der Waals surface area contributed by atoms with E-state index >= 15 is 0 Å². The van der Waals surface area contributed by atoms with Crippen molar-refractivity contribution in [1.82, 2.24) is 9.78 Å². The van der Waals surface area contributed by atoms with Crippen LogP contribution in [-0.4, -0.2) is 29.8 Å². The van der Waals surface area contributed by atoms with Crippen LogP contribution in [0, 0.1) is 0 Å². The molecule has 0 spiro atoms. The molecule has 8 heteroatoms. The number of carbonyl (C=O) groups is 1. The second kappa shape index (κ2) is 5.85. The zero-order valence-corrected chi connectivity index (χ0v) is 13.3. The first-order valence-electron chi connectivity index (χ1n) is 7.51. The number of fused-ring (bicyclic) bond motifs is 1. The molecule has 0 atom stereocenters. The van der Waals surface area contributed by atoms with Crippen molar-refractivity contribution in [2.45, 2.75) is 25.6 Å². The standard InChI is InChI=1S/C16H17F3N4O/c1-22(2)12-7-10(16(17,18)19)6-11(8-12)21-15(24)13-9-20-23-5-3-4-14(13)23/h6-9H,3-5H2,1-2H3,(H,21,24). The molecule has 0 aliphatic carbocycles. The number of rotatable bonds is 3. The third-order valence-electron chi connectivity index (χ3n) is 4.00. The van der Waals surface area contributed by atoms with Gasteiger partial charge in [-0.25, -0.2) is 0 Å². The van der Waals surface area contributed by atoms with Gasteiger partial charge >= 0.3 is 6.18 Å². The molecule has 0 radical (unpaired) electrons. The molecule has 3 rings (SSSR count). The van der Waals surface area contributed by atoms with Crippen LogP contribution in [0.4, 0.5) is 24.5 Å². The molecule has 0 bridgehead atoms. The maximum absolute atomic E-state index is 13.1. The Morgan fingerprint density at radius 3 is 2.71 bits per heavy atom. The molecule has 2 aromatic rings. The Bertz CT molecular complexity index is 780. The lowest BCUT2D eigenvalue weighted by Gasteiger charge is -2.17. The summed E-state index contributed by atoms with van der Waals surface area (Å²) in [5, 5.41) is 6.69. The number of benzene rings is 1. The lowest BCUT2D eigenvalue weighted by Crippen LogP contribution is -2.16. The van der Waals surface area contributed by atoms with E-state index in [0.29, 0.717) is 11.3 Å². The predicted octanol–water partition coefficient (Wildman–Crippen LogP) is 3.17. The van der Waals surface area contributed by atoms with Gasteiger partial charge in [-0.15, -0.1) is 0 Å². The van der Waals surface area contributed by atoms with Gasteiger partial charge in [0.25, 0.3) is 5.91 Å². The molecule has 0 unspecified atom stereocenters. The SMILES string of the molecule is CN(C)c1cc(NC(=O)c2cnn3c2CCC3)cc(C(F)(F)F)c1. The number of nitrogens with zero attached hydrogens (tertiary/aromatic N) is 3. The highest BCUT2D eigenvalue weighted by Gasteiger charge is 2.32. The molecule has 24 heavy (non-hydrogen) atoms. The van der Waals surface area contributed by atoms with Gasteiger partial charge in [0.1, 0.15) is 0 Å². The summed E-state index contributed by atoms with van der Waals surface area (Å²) in [4.78, 5) is 14.0.